The number of rotatable bonds is 4. The Balaban J connectivity index is 1.90. The van der Waals surface area contributed by atoms with Crippen LogP contribution in [0.5, 0.6) is 0 Å². The molecule has 0 spiro atoms. The van der Waals surface area contributed by atoms with Crippen molar-refractivity contribution in [1.82, 2.24) is 10.2 Å². The van der Waals surface area contributed by atoms with Crippen LogP contribution in [0.1, 0.15) is 49.8 Å². The van der Waals surface area contributed by atoms with Crippen LogP contribution >= 0.6 is 0 Å². The summed E-state index contributed by atoms with van der Waals surface area (Å²) in [5, 5.41) is 11.7. The van der Waals surface area contributed by atoms with Gasteiger partial charge in [-0.1, -0.05) is 18.6 Å². The lowest BCUT2D eigenvalue weighted by Gasteiger charge is -2.21. The summed E-state index contributed by atoms with van der Waals surface area (Å²) in [6.07, 6.45) is 3.47. The van der Waals surface area contributed by atoms with Crippen LogP contribution in [0.2, 0.25) is 0 Å². The highest BCUT2D eigenvalue weighted by Crippen LogP contribution is 2.14. The number of nitriles is 1. The number of hydrogen-bond acceptors (Lipinski definition) is 3. The molecule has 0 bridgehead atoms. The molecule has 0 aliphatic carbocycles. The summed E-state index contributed by atoms with van der Waals surface area (Å²) in [7, 11) is 0. The maximum Gasteiger partial charge on any atom is 0.240 e. The van der Waals surface area contributed by atoms with Crippen molar-refractivity contribution in [2.45, 2.75) is 38.6 Å². The summed E-state index contributed by atoms with van der Waals surface area (Å²) in [5.41, 5.74) is 1.53. The van der Waals surface area contributed by atoms with Crippen LogP contribution in [-0.2, 0) is 9.59 Å². The van der Waals surface area contributed by atoms with Gasteiger partial charge in [0.15, 0.2) is 0 Å². The van der Waals surface area contributed by atoms with E-state index >= 15 is 0 Å². The Morgan fingerprint density at radius 2 is 2.05 bits per heavy atom. The number of nitrogens with zero attached hydrogens (tertiary/aromatic N) is 2. The van der Waals surface area contributed by atoms with Gasteiger partial charge in [0.1, 0.15) is 0 Å². The second-order valence-electron chi connectivity index (χ2n) is 5.65. The second kappa shape index (κ2) is 7.60. The number of carbonyl (C=O) groups is 2. The van der Waals surface area contributed by atoms with Gasteiger partial charge in [0.05, 0.1) is 24.2 Å². The number of nitrogens with one attached hydrogen (secondary N) is 1. The molecule has 1 unspecified atom stereocenters. The van der Waals surface area contributed by atoms with E-state index in [1.807, 2.05) is 19.1 Å². The minimum atomic E-state index is -0.151. The molecule has 2 rings (SSSR count). The normalized spacial score (nSPS) is 16.5. The lowest BCUT2D eigenvalue weighted by atomic mass is 10.1. The zero-order valence-corrected chi connectivity index (χ0v) is 12.8. The maximum atomic E-state index is 12.1. The number of benzene rings is 1. The van der Waals surface area contributed by atoms with Crippen molar-refractivity contribution < 1.29 is 9.59 Å². The van der Waals surface area contributed by atoms with Gasteiger partial charge in [0, 0.05) is 13.0 Å². The van der Waals surface area contributed by atoms with Crippen LogP contribution in [-0.4, -0.2) is 29.8 Å². The van der Waals surface area contributed by atoms with E-state index in [9.17, 15) is 9.59 Å². The predicted molar refractivity (Wildman–Crippen MR) is 82.8 cm³/mol. The van der Waals surface area contributed by atoms with Crippen molar-refractivity contribution in [2.24, 2.45) is 0 Å². The van der Waals surface area contributed by atoms with Gasteiger partial charge in [0.2, 0.25) is 11.8 Å². The predicted octanol–water partition coefficient (Wildman–Crippen LogP) is 2.14. The van der Waals surface area contributed by atoms with Gasteiger partial charge in [-0.15, -0.1) is 0 Å². The zero-order valence-electron chi connectivity index (χ0n) is 12.8. The molecular weight excluding hydrogens is 278 g/mol. The summed E-state index contributed by atoms with van der Waals surface area (Å²) >= 11 is 0. The summed E-state index contributed by atoms with van der Waals surface area (Å²) < 4.78 is 0. The fourth-order valence-electron chi connectivity index (χ4n) is 2.60. The highest BCUT2D eigenvalue weighted by Gasteiger charge is 2.20. The van der Waals surface area contributed by atoms with Crippen LogP contribution in [0.15, 0.2) is 24.3 Å². The number of hydrogen-bond donors (Lipinski definition) is 1. The largest absolute Gasteiger partial charge is 0.348 e. The molecule has 1 aromatic carbocycles. The molecule has 1 aliphatic rings. The van der Waals surface area contributed by atoms with Crippen molar-refractivity contribution in [3.8, 4) is 6.07 Å². The third-order valence-corrected chi connectivity index (χ3v) is 3.92. The fraction of sp³-hybridized carbons (Fsp3) is 0.471. The molecule has 0 saturated carbocycles. The first-order valence-electron chi connectivity index (χ1n) is 7.67. The van der Waals surface area contributed by atoms with Crippen molar-refractivity contribution in [3.63, 3.8) is 0 Å². The third-order valence-electron chi connectivity index (χ3n) is 3.92. The van der Waals surface area contributed by atoms with Gasteiger partial charge in [-0.2, -0.15) is 5.26 Å². The van der Waals surface area contributed by atoms with Crippen LogP contribution in [0.4, 0.5) is 0 Å². The SMILES string of the molecule is CC(NC(=O)CN1CCCCCC1=O)c1ccc(C#N)cc1. The first-order chi connectivity index (χ1) is 10.6. The minimum Gasteiger partial charge on any atom is -0.348 e. The number of amides is 2. The molecule has 1 aromatic rings. The quantitative estimate of drug-likeness (QED) is 0.925. The van der Waals surface area contributed by atoms with Crippen LogP contribution in [0.25, 0.3) is 0 Å². The maximum absolute atomic E-state index is 12.1. The van der Waals surface area contributed by atoms with Gasteiger partial charge in [-0.3, -0.25) is 9.59 Å². The second-order valence-corrected chi connectivity index (χ2v) is 5.65. The number of likely N-dealkylation sites (tertiary alicyclic amines) is 1. The lowest BCUT2D eigenvalue weighted by Crippen LogP contribution is -2.41. The Hall–Kier alpha value is -2.35. The van der Waals surface area contributed by atoms with E-state index in [2.05, 4.69) is 11.4 Å². The standard InChI is InChI=1S/C17H21N3O2/c1-13(15-8-6-14(11-18)7-9-15)19-16(21)12-20-10-4-2-3-5-17(20)22/h6-9,13H,2-5,10,12H2,1H3,(H,19,21). The van der Waals surface area contributed by atoms with Crippen LogP contribution in [0.3, 0.4) is 0 Å². The average molecular weight is 299 g/mol. The van der Waals surface area contributed by atoms with E-state index < -0.39 is 0 Å². The smallest absolute Gasteiger partial charge is 0.240 e. The Bertz CT molecular complexity index is 575. The Kier molecular flexibility index (Phi) is 5.54. The molecule has 1 saturated heterocycles. The topological polar surface area (TPSA) is 73.2 Å². The molecule has 0 radical (unpaired) electrons. The summed E-state index contributed by atoms with van der Waals surface area (Å²) in [6, 6.07) is 9.05. The van der Waals surface area contributed by atoms with Gasteiger partial charge >= 0.3 is 0 Å². The van der Waals surface area contributed by atoms with Gasteiger partial charge in [-0.05, 0) is 37.5 Å². The molecule has 0 aromatic heterocycles. The van der Waals surface area contributed by atoms with Gasteiger partial charge in [-0.25, -0.2) is 0 Å². The van der Waals surface area contributed by atoms with E-state index in [1.165, 1.54) is 0 Å². The minimum absolute atomic E-state index is 0.0682. The molecule has 1 atom stereocenters. The third kappa shape index (κ3) is 4.32. The van der Waals surface area contributed by atoms with Crippen molar-refractivity contribution in [2.75, 3.05) is 13.1 Å². The zero-order chi connectivity index (χ0) is 15.9. The Labute approximate surface area is 130 Å². The van der Waals surface area contributed by atoms with Crippen molar-refractivity contribution >= 4 is 11.8 Å². The average Bonchev–Trinajstić information content (AvgIpc) is 2.72. The van der Waals surface area contributed by atoms with Crippen molar-refractivity contribution in [1.29, 1.82) is 5.26 Å². The van der Waals surface area contributed by atoms with Gasteiger partial charge < -0.3 is 10.2 Å². The molecular formula is C17H21N3O2. The summed E-state index contributed by atoms with van der Waals surface area (Å²) in [5.74, 6) is -0.0780. The van der Waals surface area contributed by atoms with Gasteiger partial charge in [0.25, 0.3) is 0 Å². The van der Waals surface area contributed by atoms with Crippen LogP contribution in [0, 0.1) is 11.3 Å². The summed E-state index contributed by atoms with van der Waals surface area (Å²) in [4.78, 5) is 25.7. The monoisotopic (exact) mass is 299 g/mol. The Morgan fingerprint density at radius 1 is 1.32 bits per heavy atom. The molecule has 1 fully saturated rings. The van der Waals surface area contributed by atoms with E-state index in [-0.39, 0.29) is 24.4 Å². The molecule has 22 heavy (non-hydrogen) atoms. The highest BCUT2D eigenvalue weighted by molar-refractivity contribution is 5.85. The summed E-state index contributed by atoms with van der Waals surface area (Å²) in [6.45, 7) is 2.68. The molecule has 5 heteroatoms. The van der Waals surface area contributed by atoms with Crippen LogP contribution < -0.4 is 5.32 Å². The van der Waals surface area contributed by atoms with E-state index in [0.717, 1.165) is 24.8 Å². The molecule has 1 aliphatic heterocycles. The van der Waals surface area contributed by atoms with Crippen molar-refractivity contribution in [3.05, 3.63) is 35.4 Å². The fourth-order valence-corrected chi connectivity index (χ4v) is 2.60. The van der Waals surface area contributed by atoms with E-state index in [4.69, 9.17) is 5.26 Å². The molecule has 2 amide bonds. The lowest BCUT2D eigenvalue weighted by molar-refractivity contribution is -0.135. The Morgan fingerprint density at radius 3 is 2.73 bits per heavy atom. The van der Waals surface area contributed by atoms with E-state index in [1.54, 1.807) is 17.0 Å². The highest BCUT2D eigenvalue weighted by atomic mass is 16.2. The van der Waals surface area contributed by atoms with E-state index in [0.29, 0.717) is 18.5 Å². The molecule has 5 nitrogen and oxygen atoms in total. The first kappa shape index (κ1) is 16.0. The molecule has 1 heterocycles. The number of carbonyl (C=O) groups excluding carboxylic acids is 2. The molecule has 1 N–H and O–H groups in total. The molecule has 116 valence electrons. The first-order valence-corrected chi connectivity index (χ1v) is 7.67.